The van der Waals surface area contributed by atoms with Crippen molar-refractivity contribution in [2.45, 2.75) is 6.42 Å². The van der Waals surface area contributed by atoms with Crippen molar-refractivity contribution < 1.29 is 4.79 Å². The van der Waals surface area contributed by atoms with Crippen LogP contribution >= 0.6 is 0 Å². The van der Waals surface area contributed by atoms with E-state index in [-0.39, 0.29) is 5.69 Å². The number of hydrogen-bond donors (Lipinski definition) is 1. The van der Waals surface area contributed by atoms with Gasteiger partial charge in [0.05, 0.1) is 5.69 Å². The van der Waals surface area contributed by atoms with Gasteiger partial charge in [0, 0.05) is 18.8 Å². The molecule has 0 aliphatic carbocycles. The number of nitrogens with zero attached hydrogens (tertiary/aromatic N) is 2. The predicted molar refractivity (Wildman–Crippen MR) is 44.5 cm³/mol. The summed E-state index contributed by atoms with van der Waals surface area (Å²) in [5, 5.41) is 0. The molecule has 1 heterocycles. The number of amides is 1. The van der Waals surface area contributed by atoms with E-state index >= 15 is 0 Å². The van der Waals surface area contributed by atoms with Crippen LogP contribution < -0.4 is 5.73 Å². The molecule has 0 bridgehead atoms. The lowest BCUT2D eigenvalue weighted by atomic mass is 10.2. The van der Waals surface area contributed by atoms with Crippen molar-refractivity contribution in [2.24, 2.45) is 5.73 Å². The monoisotopic (exact) mass is 163 g/mol. The summed E-state index contributed by atoms with van der Waals surface area (Å²) in [4.78, 5) is 18.5. The van der Waals surface area contributed by atoms with Crippen LogP contribution in [0.4, 0.5) is 0 Å². The third-order valence-corrected chi connectivity index (χ3v) is 1.35. The van der Waals surface area contributed by atoms with Gasteiger partial charge in [-0.05, 0) is 0 Å². The van der Waals surface area contributed by atoms with Crippen LogP contribution in [0.1, 0.15) is 16.2 Å². The Balaban J connectivity index is 3.07. The molecule has 0 spiro atoms. The summed E-state index contributed by atoms with van der Waals surface area (Å²) in [6.45, 7) is 3.54. The zero-order valence-electron chi connectivity index (χ0n) is 6.53. The van der Waals surface area contributed by atoms with Crippen LogP contribution in [0.25, 0.3) is 0 Å². The lowest BCUT2D eigenvalue weighted by Gasteiger charge is -1.99. The number of rotatable bonds is 3. The number of hydrogen-bond acceptors (Lipinski definition) is 3. The van der Waals surface area contributed by atoms with E-state index in [1.54, 1.807) is 6.08 Å². The fourth-order valence-electron chi connectivity index (χ4n) is 0.859. The number of primary amides is 1. The minimum atomic E-state index is -0.556. The molecule has 0 radical (unpaired) electrons. The van der Waals surface area contributed by atoms with Crippen LogP contribution in [-0.2, 0) is 6.42 Å². The summed E-state index contributed by atoms with van der Waals surface area (Å²) in [5.74, 6) is -0.556. The Hall–Kier alpha value is -1.71. The fraction of sp³-hybridized carbons (Fsp3) is 0.125. The molecule has 1 amide bonds. The van der Waals surface area contributed by atoms with Crippen LogP contribution in [0.2, 0.25) is 0 Å². The number of carbonyl (C=O) groups is 1. The fourth-order valence-corrected chi connectivity index (χ4v) is 0.859. The largest absolute Gasteiger partial charge is 0.364 e. The van der Waals surface area contributed by atoms with Crippen molar-refractivity contribution in [1.29, 1.82) is 0 Å². The first-order valence-corrected chi connectivity index (χ1v) is 3.46. The zero-order chi connectivity index (χ0) is 8.97. The molecule has 62 valence electrons. The molecule has 0 fully saturated rings. The molecule has 0 aromatic carbocycles. The van der Waals surface area contributed by atoms with E-state index in [1.807, 2.05) is 0 Å². The molecular formula is C8H9N3O. The van der Waals surface area contributed by atoms with Gasteiger partial charge in [-0.25, -0.2) is 4.98 Å². The Bertz CT molecular complexity index is 309. The van der Waals surface area contributed by atoms with Gasteiger partial charge in [0.15, 0.2) is 0 Å². The molecule has 0 saturated heterocycles. The molecule has 4 nitrogen and oxygen atoms in total. The first kappa shape index (κ1) is 8.39. The molecule has 1 rings (SSSR count). The van der Waals surface area contributed by atoms with Crippen LogP contribution in [0.15, 0.2) is 25.0 Å². The maximum atomic E-state index is 10.8. The Morgan fingerprint density at radius 1 is 1.58 bits per heavy atom. The zero-order valence-corrected chi connectivity index (χ0v) is 6.53. The third-order valence-electron chi connectivity index (χ3n) is 1.35. The maximum absolute atomic E-state index is 10.8. The number of nitrogens with two attached hydrogens (primary N) is 1. The molecule has 0 aliphatic heterocycles. The van der Waals surface area contributed by atoms with E-state index in [4.69, 9.17) is 5.73 Å². The van der Waals surface area contributed by atoms with Gasteiger partial charge in [0.25, 0.3) is 5.91 Å². The molecule has 0 saturated carbocycles. The van der Waals surface area contributed by atoms with Gasteiger partial charge in [0.1, 0.15) is 5.69 Å². The smallest absolute Gasteiger partial charge is 0.269 e. The average Bonchev–Trinajstić information content (AvgIpc) is 2.05. The lowest BCUT2D eigenvalue weighted by Crippen LogP contribution is -2.16. The highest BCUT2D eigenvalue weighted by atomic mass is 16.1. The molecule has 2 N–H and O–H groups in total. The van der Waals surface area contributed by atoms with Crippen molar-refractivity contribution >= 4 is 5.91 Å². The summed E-state index contributed by atoms with van der Waals surface area (Å²) in [6, 6.07) is 0. The van der Waals surface area contributed by atoms with E-state index < -0.39 is 5.91 Å². The van der Waals surface area contributed by atoms with Crippen molar-refractivity contribution in [1.82, 2.24) is 9.97 Å². The van der Waals surface area contributed by atoms with Gasteiger partial charge >= 0.3 is 0 Å². The van der Waals surface area contributed by atoms with E-state index in [0.717, 1.165) is 0 Å². The number of allylic oxidation sites excluding steroid dienone is 1. The molecule has 1 aromatic rings. The SMILES string of the molecule is C=CCc1nccnc1C(N)=O. The van der Waals surface area contributed by atoms with Gasteiger partial charge in [-0.1, -0.05) is 6.08 Å². The van der Waals surface area contributed by atoms with Crippen LogP contribution in [0.3, 0.4) is 0 Å². The summed E-state index contributed by atoms with van der Waals surface area (Å²) < 4.78 is 0. The highest BCUT2D eigenvalue weighted by molar-refractivity contribution is 5.91. The highest BCUT2D eigenvalue weighted by Crippen LogP contribution is 2.01. The van der Waals surface area contributed by atoms with E-state index in [9.17, 15) is 4.79 Å². The topological polar surface area (TPSA) is 68.9 Å². The van der Waals surface area contributed by atoms with E-state index in [0.29, 0.717) is 12.1 Å². The molecule has 0 unspecified atom stereocenters. The molecule has 0 atom stereocenters. The molecular weight excluding hydrogens is 154 g/mol. The summed E-state index contributed by atoms with van der Waals surface area (Å²) in [5.41, 5.74) is 5.86. The van der Waals surface area contributed by atoms with Crippen LogP contribution in [-0.4, -0.2) is 15.9 Å². The Labute approximate surface area is 70.1 Å². The van der Waals surface area contributed by atoms with Crippen LogP contribution in [0.5, 0.6) is 0 Å². The minimum Gasteiger partial charge on any atom is -0.364 e. The van der Waals surface area contributed by atoms with Gasteiger partial charge in [-0.2, -0.15) is 0 Å². The standard InChI is InChI=1S/C8H9N3O/c1-2-3-6-7(8(9)12)11-5-4-10-6/h2,4-5H,1,3H2,(H2,9,12). The molecule has 1 aromatic heterocycles. The molecule has 0 aliphatic rings. The first-order chi connectivity index (χ1) is 5.75. The third kappa shape index (κ3) is 1.66. The summed E-state index contributed by atoms with van der Waals surface area (Å²) >= 11 is 0. The quantitative estimate of drug-likeness (QED) is 0.652. The second-order valence-electron chi connectivity index (χ2n) is 2.21. The van der Waals surface area contributed by atoms with Crippen molar-refractivity contribution in [3.8, 4) is 0 Å². The van der Waals surface area contributed by atoms with E-state index in [2.05, 4.69) is 16.5 Å². The Kier molecular flexibility index (Phi) is 2.53. The van der Waals surface area contributed by atoms with Crippen molar-refractivity contribution in [2.75, 3.05) is 0 Å². The van der Waals surface area contributed by atoms with E-state index in [1.165, 1.54) is 12.4 Å². The number of carbonyl (C=O) groups excluding carboxylic acids is 1. The average molecular weight is 163 g/mol. The lowest BCUT2D eigenvalue weighted by molar-refractivity contribution is 0.0994. The normalized spacial score (nSPS) is 9.33. The van der Waals surface area contributed by atoms with Gasteiger partial charge < -0.3 is 5.73 Å². The Morgan fingerprint density at radius 3 is 2.83 bits per heavy atom. The van der Waals surface area contributed by atoms with Crippen LogP contribution in [0, 0.1) is 0 Å². The Morgan fingerprint density at radius 2 is 2.25 bits per heavy atom. The van der Waals surface area contributed by atoms with Gasteiger partial charge in [-0.15, -0.1) is 6.58 Å². The van der Waals surface area contributed by atoms with Crippen molar-refractivity contribution in [3.05, 3.63) is 36.4 Å². The predicted octanol–water partition coefficient (Wildman–Crippen LogP) is 0.304. The maximum Gasteiger partial charge on any atom is 0.269 e. The highest BCUT2D eigenvalue weighted by Gasteiger charge is 2.07. The van der Waals surface area contributed by atoms with Crippen molar-refractivity contribution in [3.63, 3.8) is 0 Å². The second kappa shape index (κ2) is 3.61. The molecule has 12 heavy (non-hydrogen) atoms. The summed E-state index contributed by atoms with van der Waals surface area (Å²) in [6.07, 6.45) is 5.11. The second-order valence-corrected chi connectivity index (χ2v) is 2.21. The first-order valence-electron chi connectivity index (χ1n) is 3.46. The van der Waals surface area contributed by atoms with Gasteiger partial charge in [0.2, 0.25) is 0 Å². The van der Waals surface area contributed by atoms with Gasteiger partial charge in [-0.3, -0.25) is 9.78 Å². The summed E-state index contributed by atoms with van der Waals surface area (Å²) in [7, 11) is 0. The number of aromatic nitrogens is 2. The minimum absolute atomic E-state index is 0.220. The molecule has 4 heteroatoms.